The number of anilines is 2. The van der Waals surface area contributed by atoms with Crippen LogP contribution in [0.15, 0.2) is 29.4 Å². The second kappa shape index (κ2) is 5.92. The highest BCUT2D eigenvalue weighted by atomic mass is 32.2. The smallest absolute Gasteiger partial charge is 0.271 e. The molecule has 8 nitrogen and oxygen atoms in total. The summed E-state index contributed by atoms with van der Waals surface area (Å²) in [6, 6.07) is 6.18. The first-order chi connectivity index (χ1) is 9.83. The Labute approximate surface area is 121 Å². The van der Waals surface area contributed by atoms with Gasteiger partial charge in [0.2, 0.25) is 15.9 Å². The largest absolute Gasteiger partial charge is 0.321 e. The number of hydrogen-bond donors (Lipinski definition) is 3. The molecule has 2 rings (SSSR count). The number of sulfonamides is 1. The van der Waals surface area contributed by atoms with Crippen LogP contribution in [0.4, 0.5) is 11.4 Å². The van der Waals surface area contributed by atoms with Gasteiger partial charge < -0.3 is 5.32 Å². The number of nitrogens with one attached hydrogen (secondary N) is 3. The van der Waals surface area contributed by atoms with Crippen LogP contribution in [0.5, 0.6) is 0 Å². The Morgan fingerprint density at radius 2 is 1.81 bits per heavy atom. The Kier molecular flexibility index (Phi) is 4.22. The van der Waals surface area contributed by atoms with Crippen molar-refractivity contribution in [2.75, 3.05) is 16.3 Å². The molecule has 1 aliphatic rings. The minimum Gasteiger partial charge on any atom is -0.321 e. The quantitative estimate of drug-likeness (QED) is 0.739. The van der Waals surface area contributed by atoms with Crippen molar-refractivity contribution in [3.05, 3.63) is 24.3 Å². The molecule has 0 aromatic heterocycles. The van der Waals surface area contributed by atoms with Crippen LogP contribution < -0.4 is 15.5 Å². The fourth-order valence-electron chi connectivity index (χ4n) is 1.68. The van der Waals surface area contributed by atoms with Gasteiger partial charge in [-0.05, 0) is 24.3 Å². The number of rotatable bonds is 4. The molecule has 0 radical (unpaired) electrons. The molecule has 0 unspecified atom stereocenters. The maximum absolute atomic E-state index is 11.9. The van der Waals surface area contributed by atoms with Gasteiger partial charge in [0.1, 0.15) is 5.71 Å². The molecular weight excluding hydrogens is 296 g/mol. The van der Waals surface area contributed by atoms with Crippen molar-refractivity contribution in [3.63, 3.8) is 0 Å². The van der Waals surface area contributed by atoms with Gasteiger partial charge in [0.25, 0.3) is 5.91 Å². The highest BCUT2D eigenvalue weighted by molar-refractivity contribution is 7.92. The molecule has 1 heterocycles. The van der Waals surface area contributed by atoms with Gasteiger partial charge in [0.05, 0.1) is 6.26 Å². The molecule has 3 N–H and O–H groups in total. The molecule has 0 spiro atoms. The van der Waals surface area contributed by atoms with E-state index in [2.05, 4.69) is 20.6 Å². The molecule has 9 heteroatoms. The third-order valence-electron chi connectivity index (χ3n) is 2.61. The average molecular weight is 310 g/mol. The third-order valence-corrected chi connectivity index (χ3v) is 3.22. The number of amides is 2. The number of hydrogen-bond acceptors (Lipinski definition) is 5. The Balaban J connectivity index is 2.00. The van der Waals surface area contributed by atoms with Crippen LogP contribution in [-0.4, -0.2) is 32.2 Å². The van der Waals surface area contributed by atoms with Gasteiger partial charge in [-0.1, -0.05) is 0 Å². The zero-order chi connectivity index (χ0) is 15.5. The van der Waals surface area contributed by atoms with Crippen molar-refractivity contribution in [1.82, 2.24) is 5.43 Å². The van der Waals surface area contributed by atoms with E-state index < -0.39 is 15.9 Å². The van der Waals surface area contributed by atoms with Crippen LogP contribution in [0.25, 0.3) is 0 Å². The average Bonchev–Trinajstić information content (AvgIpc) is 2.40. The Hall–Kier alpha value is -2.42. The molecule has 0 atom stereocenters. The first-order valence-corrected chi connectivity index (χ1v) is 7.97. The van der Waals surface area contributed by atoms with Gasteiger partial charge in [-0.15, -0.1) is 0 Å². The Morgan fingerprint density at radius 1 is 1.19 bits per heavy atom. The molecule has 21 heavy (non-hydrogen) atoms. The lowest BCUT2D eigenvalue weighted by molar-refractivity contribution is -0.121. The van der Waals surface area contributed by atoms with Gasteiger partial charge in [-0.3, -0.25) is 14.3 Å². The number of benzene rings is 1. The summed E-state index contributed by atoms with van der Waals surface area (Å²) < 4.78 is 24.4. The molecule has 1 aromatic rings. The van der Waals surface area contributed by atoms with Crippen LogP contribution in [0.3, 0.4) is 0 Å². The normalized spacial score (nSPS) is 14.9. The molecule has 0 bridgehead atoms. The highest BCUT2D eigenvalue weighted by Crippen LogP contribution is 2.15. The van der Waals surface area contributed by atoms with Crippen LogP contribution in [0.1, 0.15) is 12.8 Å². The molecule has 0 saturated carbocycles. The van der Waals surface area contributed by atoms with E-state index in [4.69, 9.17) is 0 Å². The summed E-state index contributed by atoms with van der Waals surface area (Å²) in [6.07, 6.45) is 1.56. The molecular formula is C12H14N4O4S. The first kappa shape index (κ1) is 15.0. The fraction of sp³-hybridized carbons (Fsp3) is 0.250. The van der Waals surface area contributed by atoms with Gasteiger partial charge in [0, 0.05) is 24.2 Å². The standard InChI is InChI=1S/C12H14N4O4S/c1-21(19,20)16-9-4-2-8(3-5-9)13-12(18)10-6-7-11(17)15-14-10/h2-5,16H,6-7H2,1H3,(H,13,18)(H,15,17). The van der Waals surface area contributed by atoms with Gasteiger partial charge in [0.15, 0.2) is 0 Å². The van der Waals surface area contributed by atoms with Crippen molar-refractivity contribution in [2.45, 2.75) is 12.8 Å². The SMILES string of the molecule is CS(=O)(=O)Nc1ccc(NC(=O)C2=NNC(=O)CC2)cc1. The van der Waals surface area contributed by atoms with Crippen molar-refractivity contribution in [2.24, 2.45) is 5.10 Å². The highest BCUT2D eigenvalue weighted by Gasteiger charge is 2.18. The summed E-state index contributed by atoms with van der Waals surface area (Å²) in [7, 11) is -3.33. The summed E-state index contributed by atoms with van der Waals surface area (Å²) in [6.45, 7) is 0. The van der Waals surface area contributed by atoms with E-state index >= 15 is 0 Å². The monoisotopic (exact) mass is 310 g/mol. The second-order valence-electron chi connectivity index (χ2n) is 4.50. The predicted octanol–water partition coefficient (Wildman–Crippen LogP) is 0.263. The van der Waals surface area contributed by atoms with E-state index in [-0.39, 0.29) is 24.5 Å². The van der Waals surface area contributed by atoms with Crippen LogP contribution in [0.2, 0.25) is 0 Å². The lowest BCUT2D eigenvalue weighted by Gasteiger charge is -2.12. The summed E-state index contributed by atoms with van der Waals surface area (Å²) >= 11 is 0. The lowest BCUT2D eigenvalue weighted by atomic mass is 10.1. The van der Waals surface area contributed by atoms with Gasteiger partial charge in [-0.2, -0.15) is 5.10 Å². The number of nitrogens with zero attached hydrogens (tertiary/aromatic N) is 1. The molecule has 0 fully saturated rings. The van der Waals surface area contributed by atoms with E-state index in [0.717, 1.165) is 6.26 Å². The Morgan fingerprint density at radius 3 is 2.33 bits per heavy atom. The Bertz CT molecular complexity index is 694. The molecule has 1 aliphatic heterocycles. The molecule has 1 aromatic carbocycles. The van der Waals surface area contributed by atoms with Gasteiger partial charge >= 0.3 is 0 Å². The molecule has 0 aliphatic carbocycles. The zero-order valence-electron chi connectivity index (χ0n) is 11.2. The van der Waals surface area contributed by atoms with E-state index in [0.29, 0.717) is 11.4 Å². The summed E-state index contributed by atoms with van der Waals surface area (Å²) in [5.41, 5.74) is 3.39. The number of carbonyl (C=O) groups excluding carboxylic acids is 2. The first-order valence-electron chi connectivity index (χ1n) is 6.08. The number of hydrazone groups is 1. The van der Waals surface area contributed by atoms with E-state index in [1.807, 2.05) is 0 Å². The topological polar surface area (TPSA) is 117 Å². The van der Waals surface area contributed by atoms with E-state index in [9.17, 15) is 18.0 Å². The zero-order valence-corrected chi connectivity index (χ0v) is 12.0. The molecule has 2 amide bonds. The van der Waals surface area contributed by atoms with E-state index in [1.54, 1.807) is 12.1 Å². The molecule has 112 valence electrons. The van der Waals surface area contributed by atoms with Crippen molar-refractivity contribution in [1.29, 1.82) is 0 Å². The fourth-order valence-corrected chi connectivity index (χ4v) is 2.24. The third kappa shape index (κ3) is 4.56. The van der Waals surface area contributed by atoms with Crippen LogP contribution in [-0.2, 0) is 19.6 Å². The minimum atomic E-state index is -3.33. The predicted molar refractivity (Wildman–Crippen MR) is 78.3 cm³/mol. The minimum absolute atomic E-state index is 0.220. The van der Waals surface area contributed by atoms with E-state index in [1.165, 1.54) is 12.1 Å². The van der Waals surface area contributed by atoms with Crippen molar-refractivity contribution < 1.29 is 18.0 Å². The summed E-state index contributed by atoms with van der Waals surface area (Å²) in [4.78, 5) is 22.8. The van der Waals surface area contributed by atoms with Crippen LogP contribution >= 0.6 is 0 Å². The maximum Gasteiger partial charge on any atom is 0.271 e. The number of carbonyl (C=O) groups is 2. The summed E-state index contributed by atoms with van der Waals surface area (Å²) in [5.74, 6) is -0.624. The van der Waals surface area contributed by atoms with Gasteiger partial charge in [-0.25, -0.2) is 13.8 Å². The summed E-state index contributed by atoms with van der Waals surface area (Å²) in [5, 5.41) is 6.30. The van der Waals surface area contributed by atoms with Crippen molar-refractivity contribution >= 4 is 38.9 Å². The second-order valence-corrected chi connectivity index (χ2v) is 6.25. The molecule has 0 saturated heterocycles. The maximum atomic E-state index is 11.9. The van der Waals surface area contributed by atoms with Crippen LogP contribution in [0, 0.1) is 0 Å². The van der Waals surface area contributed by atoms with Crippen molar-refractivity contribution in [3.8, 4) is 0 Å². The lowest BCUT2D eigenvalue weighted by Crippen LogP contribution is -2.32.